The molecular formula is C22H45ClO2. The third kappa shape index (κ3) is 24.2. The molecule has 0 spiro atoms. The fraction of sp³-hybridized carbons (Fsp3) is 1.00. The Kier molecular flexibility index (Phi) is 24.4. The third-order valence-electron chi connectivity index (χ3n) is 4.74. The number of rotatable bonds is 22. The molecule has 0 heterocycles. The molecule has 0 rings (SSSR count). The molecule has 0 aliphatic heterocycles. The van der Waals surface area contributed by atoms with E-state index in [-0.39, 0.29) is 0 Å². The lowest BCUT2D eigenvalue weighted by atomic mass is 10.0. The summed E-state index contributed by atoms with van der Waals surface area (Å²) in [5.74, 6) is 0.569. The molecule has 0 unspecified atom stereocenters. The van der Waals surface area contributed by atoms with Crippen LogP contribution in [0.2, 0.25) is 0 Å². The van der Waals surface area contributed by atoms with E-state index in [0.717, 1.165) is 6.61 Å². The Labute approximate surface area is 163 Å². The van der Waals surface area contributed by atoms with Crippen LogP contribution in [0.4, 0.5) is 0 Å². The standard InChI is InChI=1S/C22H45ClO2/c1-2-3-4-5-6-7-8-9-10-11-12-13-14-15-16-17-19-24-21-22-25-20-18-23/h2-22H2,1H3. The maximum atomic E-state index is 5.53. The molecule has 0 saturated heterocycles. The molecular weight excluding hydrogens is 332 g/mol. The van der Waals surface area contributed by atoms with Crippen LogP contribution in [-0.4, -0.2) is 32.3 Å². The molecule has 0 aliphatic rings. The monoisotopic (exact) mass is 376 g/mol. The summed E-state index contributed by atoms with van der Waals surface area (Å²) < 4.78 is 10.8. The minimum atomic E-state index is 0.569. The van der Waals surface area contributed by atoms with E-state index in [9.17, 15) is 0 Å². The molecule has 0 atom stereocenters. The molecule has 0 bridgehead atoms. The lowest BCUT2D eigenvalue weighted by molar-refractivity contribution is 0.0519. The minimum Gasteiger partial charge on any atom is -0.379 e. The first-order valence-electron chi connectivity index (χ1n) is 11.1. The van der Waals surface area contributed by atoms with Crippen LogP contribution >= 0.6 is 11.6 Å². The van der Waals surface area contributed by atoms with Gasteiger partial charge in [0.2, 0.25) is 0 Å². The first-order valence-corrected chi connectivity index (χ1v) is 11.7. The van der Waals surface area contributed by atoms with Crippen LogP contribution in [-0.2, 0) is 9.47 Å². The summed E-state index contributed by atoms with van der Waals surface area (Å²) in [6, 6.07) is 0. The Balaban J connectivity index is 2.94. The van der Waals surface area contributed by atoms with E-state index in [1.165, 1.54) is 103 Å². The van der Waals surface area contributed by atoms with Crippen molar-refractivity contribution >= 4 is 11.6 Å². The number of alkyl halides is 1. The molecule has 0 aromatic heterocycles. The maximum Gasteiger partial charge on any atom is 0.0701 e. The van der Waals surface area contributed by atoms with Gasteiger partial charge in [0.25, 0.3) is 0 Å². The second-order valence-corrected chi connectivity index (χ2v) is 7.59. The van der Waals surface area contributed by atoms with Gasteiger partial charge >= 0.3 is 0 Å². The molecule has 2 nitrogen and oxygen atoms in total. The summed E-state index contributed by atoms with van der Waals surface area (Å²) in [5.41, 5.74) is 0. The van der Waals surface area contributed by atoms with E-state index < -0.39 is 0 Å². The molecule has 0 aromatic rings. The fourth-order valence-electron chi connectivity index (χ4n) is 3.13. The Morgan fingerprint density at radius 1 is 0.440 bits per heavy atom. The molecule has 0 N–H and O–H groups in total. The molecule has 0 aromatic carbocycles. The van der Waals surface area contributed by atoms with Crippen molar-refractivity contribution in [1.29, 1.82) is 0 Å². The minimum absolute atomic E-state index is 0.569. The normalized spacial score (nSPS) is 11.3. The van der Waals surface area contributed by atoms with Crippen molar-refractivity contribution in [2.24, 2.45) is 0 Å². The van der Waals surface area contributed by atoms with Gasteiger partial charge in [-0.25, -0.2) is 0 Å². The first kappa shape index (κ1) is 25.2. The zero-order valence-electron chi connectivity index (χ0n) is 17.0. The molecule has 3 heteroatoms. The number of unbranched alkanes of at least 4 members (excludes halogenated alkanes) is 15. The molecule has 0 fully saturated rings. The van der Waals surface area contributed by atoms with Gasteiger partial charge in [0.15, 0.2) is 0 Å². The lowest BCUT2D eigenvalue weighted by Crippen LogP contribution is -2.06. The van der Waals surface area contributed by atoms with Crippen molar-refractivity contribution in [3.8, 4) is 0 Å². The summed E-state index contributed by atoms with van der Waals surface area (Å²) in [7, 11) is 0. The predicted octanol–water partition coefficient (Wildman–Crippen LogP) is 7.52. The summed E-state index contributed by atoms with van der Waals surface area (Å²) >= 11 is 5.53. The fourth-order valence-corrected chi connectivity index (χ4v) is 3.24. The Morgan fingerprint density at radius 2 is 0.800 bits per heavy atom. The Bertz CT molecular complexity index is 202. The van der Waals surface area contributed by atoms with Crippen molar-refractivity contribution in [3.05, 3.63) is 0 Å². The van der Waals surface area contributed by atoms with E-state index in [4.69, 9.17) is 21.1 Å². The number of hydrogen-bond donors (Lipinski definition) is 0. The highest BCUT2D eigenvalue weighted by Crippen LogP contribution is 2.13. The van der Waals surface area contributed by atoms with E-state index in [2.05, 4.69) is 6.92 Å². The molecule has 0 saturated carbocycles. The summed E-state index contributed by atoms with van der Waals surface area (Å²) in [6.07, 6.45) is 22.6. The van der Waals surface area contributed by atoms with Gasteiger partial charge in [-0.2, -0.15) is 0 Å². The van der Waals surface area contributed by atoms with Gasteiger partial charge in [-0.1, -0.05) is 103 Å². The molecule has 0 amide bonds. The third-order valence-corrected chi connectivity index (χ3v) is 4.89. The molecule has 152 valence electrons. The average molecular weight is 377 g/mol. The van der Waals surface area contributed by atoms with Crippen LogP contribution < -0.4 is 0 Å². The zero-order valence-corrected chi connectivity index (χ0v) is 17.8. The second-order valence-electron chi connectivity index (χ2n) is 7.22. The molecule has 0 radical (unpaired) electrons. The maximum absolute atomic E-state index is 5.53. The van der Waals surface area contributed by atoms with Crippen molar-refractivity contribution < 1.29 is 9.47 Å². The molecule has 0 aliphatic carbocycles. The van der Waals surface area contributed by atoms with Crippen LogP contribution in [0.1, 0.15) is 110 Å². The van der Waals surface area contributed by atoms with Crippen LogP contribution in [0.15, 0.2) is 0 Å². The highest BCUT2D eigenvalue weighted by molar-refractivity contribution is 6.17. The van der Waals surface area contributed by atoms with Gasteiger partial charge < -0.3 is 9.47 Å². The quantitative estimate of drug-likeness (QED) is 0.144. The number of ether oxygens (including phenoxy) is 2. The van der Waals surface area contributed by atoms with Crippen LogP contribution in [0.25, 0.3) is 0 Å². The highest BCUT2D eigenvalue weighted by atomic mass is 35.5. The summed E-state index contributed by atoms with van der Waals surface area (Å²) in [6.45, 7) is 5.17. The topological polar surface area (TPSA) is 18.5 Å². The smallest absolute Gasteiger partial charge is 0.0701 e. The highest BCUT2D eigenvalue weighted by Gasteiger charge is 1.95. The summed E-state index contributed by atoms with van der Waals surface area (Å²) in [5, 5.41) is 0. The van der Waals surface area contributed by atoms with E-state index >= 15 is 0 Å². The van der Waals surface area contributed by atoms with Gasteiger partial charge in [-0.15, -0.1) is 11.6 Å². The van der Waals surface area contributed by atoms with Crippen molar-refractivity contribution in [2.75, 3.05) is 32.3 Å². The van der Waals surface area contributed by atoms with Gasteiger partial charge in [0.1, 0.15) is 0 Å². The van der Waals surface area contributed by atoms with Crippen LogP contribution in [0.5, 0.6) is 0 Å². The Morgan fingerprint density at radius 3 is 1.20 bits per heavy atom. The van der Waals surface area contributed by atoms with Crippen molar-refractivity contribution in [3.63, 3.8) is 0 Å². The number of hydrogen-bond acceptors (Lipinski definition) is 2. The van der Waals surface area contributed by atoms with Crippen molar-refractivity contribution in [1.82, 2.24) is 0 Å². The van der Waals surface area contributed by atoms with Gasteiger partial charge in [-0.05, 0) is 6.42 Å². The van der Waals surface area contributed by atoms with E-state index in [1.807, 2.05) is 0 Å². The molecule has 25 heavy (non-hydrogen) atoms. The zero-order chi connectivity index (χ0) is 18.3. The van der Waals surface area contributed by atoms with Crippen LogP contribution in [0.3, 0.4) is 0 Å². The van der Waals surface area contributed by atoms with Gasteiger partial charge in [0.05, 0.1) is 19.8 Å². The predicted molar refractivity (Wildman–Crippen MR) is 112 cm³/mol. The van der Waals surface area contributed by atoms with Crippen LogP contribution in [0, 0.1) is 0 Å². The van der Waals surface area contributed by atoms with E-state index in [1.54, 1.807) is 0 Å². The van der Waals surface area contributed by atoms with E-state index in [0.29, 0.717) is 25.7 Å². The van der Waals surface area contributed by atoms with Gasteiger partial charge in [-0.3, -0.25) is 0 Å². The second kappa shape index (κ2) is 24.2. The first-order chi connectivity index (χ1) is 12.4. The largest absolute Gasteiger partial charge is 0.379 e. The van der Waals surface area contributed by atoms with Gasteiger partial charge in [0, 0.05) is 12.5 Å². The average Bonchev–Trinajstić information content (AvgIpc) is 2.63. The summed E-state index contributed by atoms with van der Waals surface area (Å²) in [4.78, 5) is 0. The Hall–Kier alpha value is 0.210. The number of halogens is 1. The SMILES string of the molecule is CCCCCCCCCCCCCCCCCCOCCOCCCl. The lowest BCUT2D eigenvalue weighted by Gasteiger charge is -2.05. The van der Waals surface area contributed by atoms with Crippen molar-refractivity contribution in [2.45, 2.75) is 110 Å².